The lowest BCUT2D eigenvalue weighted by molar-refractivity contribution is 0.0304. The second kappa shape index (κ2) is 7.19. The Balaban J connectivity index is 1.25. The zero-order valence-electron chi connectivity index (χ0n) is 15.2. The fourth-order valence-electron chi connectivity index (χ4n) is 4.75. The van der Waals surface area contributed by atoms with E-state index in [0.717, 1.165) is 32.5 Å². The largest absolute Gasteiger partial charge is 0.391 e. The van der Waals surface area contributed by atoms with E-state index in [1.54, 1.807) is 12.7 Å². The molecule has 0 spiro atoms. The molecule has 2 fully saturated rings. The van der Waals surface area contributed by atoms with Crippen LogP contribution in [0.25, 0.3) is 10.4 Å². The smallest absolute Gasteiger partial charge is 0.137 e. The Morgan fingerprint density at radius 3 is 2.63 bits per heavy atom. The van der Waals surface area contributed by atoms with Gasteiger partial charge in [-0.25, -0.2) is 9.67 Å². The molecule has 0 radical (unpaired) electrons. The predicted octanol–water partition coefficient (Wildman–Crippen LogP) is 3.45. The zero-order chi connectivity index (χ0) is 18.2. The standard InChI is InChI=1S/C21H24N4OS/c26-20-9-17-11-24(10-16(17)8-19(20)25-14-22-13-23-25)12-18-6-7-21(27-18)15-4-2-1-3-5-15/h1-7,13-14,16-17,19-20,26H,8-12H2/t16-,17+,19-,20-/m1/s1. The van der Waals surface area contributed by atoms with Crippen LogP contribution in [0.2, 0.25) is 0 Å². The van der Waals surface area contributed by atoms with Crippen molar-refractivity contribution in [2.75, 3.05) is 13.1 Å². The number of aliphatic hydroxyl groups excluding tert-OH is 1. The molecule has 1 N–H and O–H groups in total. The van der Waals surface area contributed by atoms with Gasteiger partial charge < -0.3 is 5.11 Å². The number of hydrogen-bond acceptors (Lipinski definition) is 5. The Kier molecular flexibility index (Phi) is 4.55. The summed E-state index contributed by atoms with van der Waals surface area (Å²) in [5.41, 5.74) is 1.29. The lowest BCUT2D eigenvalue weighted by Crippen LogP contribution is -2.36. The average molecular weight is 381 g/mol. The quantitative estimate of drug-likeness (QED) is 0.753. The van der Waals surface area contributed by atoms with Crippen LogP contribution in [0.15, 0.2) is 55.1 Å². The molecule has 1 saturated heterocycles. The topological polar surface area (TPSA) is 54.2 Å². The second-order valence-corrected chi connectivity index (χ2v) is 9.00. The summed E-state index contributed by atoms with van der Waals surface area (Å²) >= 11 is 1.89. The highest BCUT2D eigenvalue weighted by Gasteiger charge is 2.42. The maximum atomic E-state index is 10.6. The van der Waals surface area contributed by atoms with Gasteiger partial charge in [-0.1, -0.05) is 30.3 Å². The first-order valence-electron chi connectivity index (χ1n) is 9.65. The Hall–Kier alpha value is -2.02. The first-order valence-corrected chi connectivity index (χ1v) is 10.5. The second-order valence-electron chi connectivity index (χ2n) is 7.83. The molecule has 1 saturated carbocycles. The van der Waals surface area contributed by atoms with Crippen LogP contribution in [0.1, 0.15) is 23.8 Å². The van der Waals surface area contributed by atoms with Crippen LogP contribution in [0.4, 0.5) is 0 Å². The van der Waals surface area contributed by atoms with Gasteiger partial charge in [0.05, 0.1) is 12.1 Å². The summed E-state index contributed by atoms with van der Waals surface area (Å²) in [5, 5.41) is 14.8. The van der Waals surface area contributed by atoms with Crippen LogP contribution in [0.3, 0.4) is 0 Å². The van der Waals surface area contributed by atoms with Gasteiger partial charge in [-0.05, 0) is 42.4 Å². The molecule has 2 aliphatic rings. The number of fused-ring (bicyclic) bond motifs is 1. The number of aliphatic hydroxyl groups is 1. The van der Waals surface area contributed by atoms with Crippen molar-refractivity contribution in [3.63, 3.8) is 0 Å². The molecule has 5 nitrogen and oxygen atoms in total. The Morgan fingerprint density at radius 2 is 1.85 bits per heavy atom. The van der Waals surface area contributed by atoms with Gasteiger partial charge in [-0.15, -0.1) is 11.3 Å². The van der Waals surface area contributed by atoms with E-state index in [2.05, 4.69) is 57.4 Å². The molecule has 0 unspecified atom stereocenters. The molecule has 2 aromatic heterocycles. The van der Waals surface area contributed by atoms with Crippen LogP contribution in [0.5, 0.6) is 0 Å². The van der Waals surface area contributed by atoms with Crippen molar-refractivity contribution in [1.29, 1.82) is 0 Å². The van der Waals surface area contributed by atoms with E-state index in [-0.39, 0.29) is 12.1 Å². The lowest BCUT2D eigenvalue weighted by atomic mass is 9.77. The highest BCUT2D eigenvalue weighted by Crippen LogP contribution is 2.41. The molecule has 5 rings (SSSR count). The number of hydrogen-bond donors (Lipinski definition) is 1. The Bertz CT molecular complexity index is 879. The van der Waals surface area contributed by atoms with Gasteiger partial charge in [0.2, 0.25) is 0 Å². The molecule has 6 heteroatoms. The summed E-state index contributed by atoms with van der Waals surface area (Å²) in [6.07, 6.45) is 4.83. The van der Waals surface area contributed by atoms with Crippen LogP contribution >= 0.6 is 11.3 Å². The average Bonchev–Trinajstić information content (AvgIpc) is 3.42. The fraction of sp³-hybridized carbons (Fsp3) is 0.429. The third-order valence-electron chi connectivity index (χ3n) is 6.06. The Morgan fingerprint density at radius 1 is 1.04 bits per heavy atom. The molecule has 0 amide bonds. The molecular formula is C21H24N4OS. The molecule has 0 bridgehead atoms. The minimum atomic E-state index is -0.320. The van der Waals surface area contributed by atoms with Gasteiger partial charge in [-0.3, -0.25) is 4.90 Å². The third kappa shape index (κ3) is 3.45. The molecule has 1 aromatic carbocycles. The molecule has 3 aromatic rings. The van der Waals surface area contributed by atoms with Gasteiger partial charge in [-0.2, -0.15) is 5.10 Å². The number of likely N-dealkylation sites (tertiary alicyclic amines) is 1. The summed E-state index contributed by atoms with van der Waals surface area (Å²) in [5.74, 6) is 1.23. The van der Waals surface area contributed by atoms with Gasteiger partial charge in [0.15, 0.2) is 0 Å². The van der Waals surface area contributed by atoms with Crippen LogP contribution < -0.4 is 0 Å². The van der Waals surface area contributed by atoms with Crippen molar-refractivity contribution in [2.24, 2.45) is 11.8 Å². The fourth-order valence-corrected chi connectivity index (χ4v) is 5.80. The van der Waals surface area contributed by atoms with Gasteiger partial charge in [0.1, 0.15) is 12.7 Å². The SMILES string of the molecule is O[C@@H]1C[C@H]2CN(Cc3ccc(-c4ccccc4)s3)C[C@H]2C[C@H]1n1cncn1. The van der Waals surface area contributed by atoms with E-state index in [9.17, 15) is 5.11 Å². The minimum Gasteiger partial charge on any atom is -0.391 e. The number of aromatic nitrogens is 3. The van der Waals surface area contributed by atoms with Crippen LogP contribution in [0, 0.1) is 11.8 Å². The van der Waals surface area contributed by atoms with Crippen LogP contribution in [-0.4, -0.2) is 44.0 Å². The molecule has 1 aliphatic carbocycles. The van der Waals surface area contributed by atoms with E-state index >= 15 is 0 Å². The summed E-state index contributed by atoms with van der Waals surface area (Å²) in [6, 6.07) is 15.2. The van der Waals surface area contributed by atoms with Crippen molar-refractivity contribution in [3.8, 4) is 10.4 Å². The van der Waals surface area contributed by atoms with E-state index in [1.165, 1.54) is 15.3 Å². The number of thiophene rings is 1. The molecular weight excluding hydrogens is 356 g/mol. The van der Waals surface area contributed by atoms with Crippen molar-refractivity contribution < 1.29 is 5.11 Å². The lowest BCUT2D eigenvalue weighted by Gasteiger charge is -2.35. The molecule has 27 heavy (non-hydrogen) atoms. The maximum Gasteiger partial charge on any atom is 0.137 e. The first-order chi connectivity index (χ1) is 13.3. The molecule has 1 aliphatic heterocycles. The normalized spacial score (nSPS) is 28.3. The predicted molar refractivity (Wildman–Crippen MR) is 106 cm³/mol. The van der Waals surface area contributed by atoms with Gasteiger partial charge in [0, 0.05) is 29.4 Å². The van der Waals surface area contributed by atoms with Gasteiger partial charge >= 0.3 is 0 Å². The van der Waals surface area contributed by atoms with Crippen LogP contribution in [-0.2, 0) is 6.54 Å². The highest BCUT2D eigenvalue weighted by atomic mass is 32.1. The van der Waals surface area contributed by atoms with Crippen molar-refractivity contribution in [1.82, 2.24) is 19.7 Å². The minimum absolute atomic E-state index is 0.0696. The van der Waals surface area contributed by atoms with E-state index in [1.807, 2.05) is 16.0 Å². The van der Waals surface area contributed by atoms with E-state index in [0.29, 0.717) is 11.8 Å². The molecule has 4 atom stereocenters. The number of benzene rings is 1. The van der Waals surface area contributed by atoms with E-state index in [4.69, 9.17) is 0 Å². The number of nitrogens with zero attached hydrogens (tertiary/aromatic N) is 4. The van der Waals surface area contributed by atoms with Crippen molar-refractivity contribution >= 4 is 11.3 Å². The zero-order valence-corrected chi connectivity index (χ0v) is 16.0. The third-order valence-corrected chi connectivity index (χ3v) is 7.18. The van der Waals surface area contributed by atoms with Crippen molar-refractivity contribution in [3.05, 3.63) is 60.0 Å². The van der Waals surface area contributed by atoms with Gasteiger partial charge in [0.25, 0.3) is 0 Å². The summed E-state index contributed by atoms with van der Waals surface area (Å²) in [4.78, 5) is 9.36. The highest BCUT2D eigenvalue weighted by molar-refractivity contribution is 7.15. The monoisotopic (exact) mass is 380 g/mol. The molecule has 3 heterocycles. The molecule has 140 valence electrons. The maximum absolute atomic E-state index is 10.6. The first kappa shape index (κ1) is 17.1. The van der Waals surface area contributed by atoms with Crippen molar-refractivity contribution in [2.45, 2.75) is 31.5 Å². The summed E-state index contributed by atoms with van der Waals surface area (Å²) in [7, 11) is 0. The summed E-state index contributed by atoms with van der Waals surface area (Å²) in [6.45, 7) is 3.21. The number of rotatable bonds is 4. The summed E-state index contributed by atoms with van der Waals surface area (Å²) < 4.78 is 1.84. The Labute approximate surface area is 163 Å². The van der Waals surface area contributed by atoms with E-state index < -0.39 is 0 Å².